The van der Waals surface area contributed by atoms with Crippen LogP contribution in [0, 0.1) is 5.92 Å². The van der Waals surface area contributed by atoms with Crippen LogP contribution in [0.2, 0.25) is 0 Å². The molecule has 160 valence electrons. The van der Waals surface area contributed by atoms with Crippen LogP contribution in [0.15, 0.2) is 48.5 Å². The smallest absolute Gasteiger partial charge is 0.329 e. The number of imide groups is 1. The number of fused-ring (bicyclic) bond motifs is 2. The number of methoxy groups -OCH3 is 1. The Morgan fingerprint density at radius 1 is 1.00 bits per heavy atom. The summed E-state index contributed by atoms with van der Waals surface area (Å²) >= 11 is 0. The van der Waals surface area contributed by atoms with E-state index >= 15 is 0 Å². The van der Waals surface area contributed by atoms with Gasteiger partial charge in [-0.3, -0.25) is 14.5 Å². The standard InChI is InChI=1S/C25H26N2O4/c1-15(2)12-13-21-19(16-8-6-7-11-20(16)26-21)14-22(25(30)31-3)27-23(28)17-9-4-5-10-18(17)24(27)29/h4-11,15,22,26H,12-14H2,1-3H3. The van der Waals surface area contributed by atoms with E-state index in [1.165, 1.54) is 7.11 Å². The molecule has 1 aliphatic heterocycles. The topological polar surface area (TPSA) is 79.5 Å². The van der Waals surface area contributed by atoms with Crippen molar-refractivity contribution in [1.82, 2.24) is 9.88 Å². The highest BCUT2D eigenvalue weighted by molar-refractivity contribution is 6.22. The van der Waals surface area contributed by atoms with Crippen molar-refractivity contribution in [1.29, 1.82) is 0 Å². The summed E-state index contributed by atoms with van der Waals surface area (Å²) in [5.74, 6) is -0.999. The van der Waals surface area contributed by atoms with Crippen molar-refractivity contribution < 1.29 is 19.1 Å². The molecule has 1 N–H and O–H groups in total. The summed E-state index contributed by atoms with van der Waals surface area (Å²) < 4.78 is 5.02. The van der Waals surface area contributed by atoms with Gasteiger partial charge in [-0.15, -0.1) is 0 Å². The van der Waals surface area contributed by atoms with Crippen molar-refractivity contribution in [3.63, 3.8) is 0 Å². The maximum atomic E-state index is 13.1. The van der Waals surface area contributed by atoms with Crippen molar-refractivity contribution >= 4 is 28.7 Å². The lowest BCUT2D eigenvalue weighted by Gasteiger charge is -2.24. The molecule has 1 unspecified atom stereocenters. The fourth-order valence-corrected chi connectivity index (χ4v) is 4.24. The first-order valence-electron chi connectivity index (χ1n) is 10.6. The Morgan fingerprint density at radius 2 is 1.61 bits per heavy atom. The first kappa shape index (κ1) is 20.8. The molecule has 0 bridgehead atoms. The van der Waals surface area contributed by atoms with E-state index in [4.69, 9.17) is 4.74 Å². The van der Waals surface area contributed by atoms with Crippen molar-refractivity contribution in [2.45, 2.75) is 39.2 Å². The molecule has 0 spiro atoms. The van der Waals surface area contributed by atoms with Crippen LogP contribution >= 0.6 is 0 Å². The molecule has 0 fully saturated rings. The molecule has 6 nitrogen and oxygen atoms in total. The first-order chi connectivity index (χ1) is 14.9. The molecule has 1 atom stereocenters. The molecule has 2 aromatic carbocycles. The minimum Gasteiger partial charge on any atom is -0.467 e. The number of carbonyl (C=O) groups is 3. The van der Waals surface area contributed by atoms with Crippen LogP contribution in [-0.2, 0) is 22.4 Å². The second kappa shape index (κ2) is 8.38. The molecule has 0 aliphatic carbocycles. The van der Waals surface area contributed by atoms with Gasteiger partial charge >= 0.3 is 5.97 Å². The Hall–Kier alpha value is -3.41. The van der Waals surface area contributed by atoms with E-state index in [0.29, 0.717) is 17.0 Å². The number of aromatic amines is 1. The largest absolute Gasteiger partial charge is 0.467 e. The summed E-state index contributed by atoms with van der Waals surface area (Å²) in [6.45, 7) is 4.33. The number of nitrogens with one attached hydrogen (secondary N) is 1. The van der Waals surface area contributed by atoms with E-state index in [0.717, 1.165) is 39.9 Å². The van der Waals surface area contributed by atoms with Crippen LogP contribution in [0.25, 0.3) is 10.9 Å². The molecule has 0 saturated carbocycles. The summed E-state index contributed by atoms with van der Waals surface area (Å²) in [5.41, 5.74) is 3.59. The van der Waals surface area contributed by atoms with Crippen LogP contribution in [-0.4, -0.2) is 40.8 Å². The number of esters is 1. The molecule has 2 heterocycles. The molecule has 2 amide bonds. The van der Waals surface area contributed by atoms with Crippen molar-refractivity contribution in [3.8, 4) is 0 Å². The molecular formula is C25H26N2O4. The minimum atomic E-state index is -1.03. The van der Waals surface area contributed by atoms with Crippen LogP contribution in [0.5, 0.6) is 0 Å². The quantitative estimate of drug-likeness (QED) is 0.462. The highest BCUT2D eigenvalue weighted by Crippen LogP contribution is 2.30. The SMILES string of the molecule is COC(=O)C(Cc1c(CCC(C)C)[nH]c2ccccc12)N1C(=O)c2ccccc2C1=O. The fraction of sp³-hybridized carbons (Fsp3) is 0.320. The summed E-state index contributed by atoms with van der Waals surface area (Å²) in [6.07, 6.45) is 2.00. The van der Waals surface area contributed by atoms with Crippen LogP contribution in [0.3, 0.4) is 0 Å². The number of hydrogen-bond donors (Lipinski definition) is 1. The molecule has 0 radical (unpaired) electrons. The van der Waals surface area contributed by atoms with E-state index < -0.39 is 23.8 Å². The van der Waals surface area contributed by atoms with Crippen LogP contribution in [0.1, 0.15) is 52.2 Å². The normalized spacial score (nSPS) is 14.4. The fourth-order valence-electron chi connectivity index (χ4n) is 4.24. The first-order valence-corrected chi connectivity index (χ1v) is 10.6. The number of aromatic nitrogens is 1. The second-order valence-electron chi connectivity index (χ2n) is 8.33. The Morgan fingerprint density at radius 3 is 2.23 bits per heavy atom. The zero-order chi connectivity index (χ0) is 22.1. The number of hydrogen-bond acceptors (Lipinski definition) is 4. The lowest BCUT2D eigenvalue weighted by Crippen LogP contribution is -2.46. The number of amides is 2. The average Bonchev–Trinajstić information content (AvgIpc) is 3.25. The van der Waals surface area contributed by atoms with Crippen LogP contribution < -0.4 is 0 Å². The van der Waals surface area contributed by atoms with Crippen molar-refractivity contribution in [2.24, 2.45) is 5.92 Å². The van der Waals surface area contributed by atoms with Gasteiger partial charge in [0.05, 0.1) is 18.2 Å². The third-order valence-corrected chi connectivity index (χ3v) is 5.88. The van der Waals surface area contributed by atoms with Gasteiger partial charge in [0.25, 0.3) is 11.8 Å². The monoisotopic (exact) mass is 418 g/mol. The molecular weight excluding hydrogens is 392 g/mol. The Balaban J connectivity index is 1.76. The summed E-state index contributed by atoms with van der Waals surface area (Å²) in [6, 6.07) is 13.5. The number of ether oxygens (including phenoxy) is 1. The lowest BCUT2D eigenvalue weighted by molar-refractivity contribution is -0.145. The third-order valence-electron chi connectivity index (χ3n) is 5.88. The number of aryl methyl sites for hydroxylation is 1. The molecule has 0 saturated heterocycles. The van der Waals surface area contributed by atoms with Gasteiger partial charge < -0.3 is 9.72 Å². The number of rotatable bonds is 7. The molecule has 6 heteroatoms. The Bertz CT molecular complexity index is 1130. The molecule has 31 heavy (non-hydrogen) atoms. The highest BCUT2D eigenvalue weighted by Gasteiger charge is 2.43. The number of benzene rings is 2. The van der Waals surface area contributed by atoms with E-state index in [2.05, 4.69) is 18.8 Å². The number of nitrogens with zero attached hydrogens (tertiary/aromatic N) is 1. The molecule has 3 aromatic rings. The lowest BCUT2D eigenvalue weighted by atomic mass is 9.97. The predicted molar refractivity (Wildman–Crippen MR) is 118 cm³/mol. The van der Waals surface area contributed by atoms with E-state index in [-0.39, 0.29) is 6.42 Å². The van der Waals surface area contributed by atoms with Gasteiger partial charge in [-0.05, 0) is 42.5 Å². The van der Waals surface area contributed by atoms with Crippen molar-refractivity contribution in [2.75, 3.05) is 7.11 Å². The zero-order valence-electron chi connectivity index (χ0n) is 18.0. The molecule has 1 aromatic heterocycles. The summed E-state index contributed by atoms with van der Waals surface area (Å²) in [5, 5.41) is 0.992. The zero-order valence-corrected chi connectivity index (χ0v) is 18.0. The Kier molecular flexibility index (Phi) is 5.63. The second-order valence-corrected chi connectivity index (χ2v) is 8.33. The molecule has 1 aliphatic rings. The van der Waals surface area contributed by atoms with Crippen molar-refractivity contribution in [3.05, 3.63) is 70.9 Å². The van der Waals surface area contributed by atoms with Gasteiger partial charge in [0.2, 0.25) is 0 Å². The maximum absolute atomic E-state index is 13.1. The summed E-state index contributed by atoms with van der Waals surface area (Å²) in [4.78, 5) is 43.4. The average molecular weight is 418 g/mol. The van der Waals surface area contributed by atoms with Gasteiger partial charge in [0.15, 0.2) is 0 Å². The summed E-state index contributed by atoms with van der Waals surface area (Å²) in [7, 11) is 1.28. The number of H-pyrrole nitrogens is 1. The maximum Gasteiger partial charge on any atom is 0.329 e. The van der Waals surface area contributed by atoms with E-state index in [1.54, 1.807) is 24.3 Å². The van der Waals surface area contributed by atoms with Gasteiger partial charge in [-0.25, -0.2) is 4.79 Å². The van der Waals surface area contributed by atoms with E-state index in [9.17, 15) is 14.4 Å². The predicted octanol–water partition coefficient (Wildman–Crippen LogP) is 4.14. The Labute approximate surface area is 181 Å². The van der Waals surface area contributed by atoms with Gasteiger partial charge in [0.1, 0.15) is 6.04 Å². The number of carbonyl (C=O) groups excluding carboxylic acids is 3. The third kappa shape index (κ3) is 3.74. The number of para-hydroxylation sites is 1. The minimum absolute atomic E-state index is 0.204. The van der Waals surface area contributed by atoms with Gasteiger partial charge in [0, 0.05) is 23.0 Å². The van der Waals surface area contributed by atoms with E-state index in [1.807, 2.05) is 24.3 Å². The van der Waals surface area contributed by atoms with Gasteiger partial charge in [-0.1, -0.05) is 44.2 Å². The van der Waals surface area contributed by atoms with Crippen LogP contribution in [0.4, 0.5) is 0 Å². The van der Waals surface area contributed by atoms with Gasteiger partial charge in [-0.2, -0.15) is 0 Å². The highest BCUT2D eigenvalue weighted by atomic mass is 16.5. The molecule has 4 rings (SSSR count).